The average molecular weight is 320 g/mol. The van der Waals surface area contributed by atoms with Gasteiger partial charge in [0.1, 0.15) is 0 Å². The maximum Gasteiger partial charge on any atom is 0.401 e. The summed E-state index contributed by atoms with van der Waals surface area (Å²) < 4.78 is 59.4. The summed E-state index contributed by atoms with van der Waals surface area (Å²) in [6, 6.07) is 0. The molecule has 0 aliphatic rings. The number of hydrogen-bond donors (Lipinski definition) is 2. The standard InChI is InChI=1S/C9H15F3N2O5S/c10-9(11,12)6-14(5-8(16)17)2-4-20(18,19)3-1-7(13)15/h1-6H2,(H2,13,15)(H,16,17). The Kier molecular flexibility index (Phi) is 6.92. The summed E-state index contributed by atoms with van der Waals surface area (Å²) in [5.41, 5.74) is 4.76. The fourth-order valence-electron chi connectivity index (χ4n) is 1.29. The number of halogens is 3. The number of carboxylic acid groups (broad SMARTS) is 1. The normalized spacial score (nSPS) is 12.6. The summed E-state index contributed by atoms with van der Waals surface area (Å²) in [5.74, 6) is -3.59. The molecule has 20 heavy (non-hydrogen) atoms. The molecule has 0 radical (unpaired) electrons. The minimum atomic E-state index is -4.63. The molecule has 1 amide bonds. The summed E-state index contributed by atoms with van der Waals surface area (Å²) in [5, 5.41) is 8.47. The van der Waals surface area contributed by atoms with Crippen molar-refractivity contribution in [2.24, 2.45) is 5.73 Å². The van der Waals surface area contributed by atoms with Gasteiger partial charge in [0.05, 0.1) is 24.6 Å². The number of carboxylic acids is 1. The van der Waals surface area contributed by atoms with Crippen molar-refractivity contribution in [3.8, 4) is 0 Å². The summed E-state index contributed by atoms with van der Waals surface area (Å²) in [7, 11) is -3.77. The first-order valence-corrected chi connectivity index (χ1v) is 7.23. The van der Waals surface area contributed by atoms with Crippen molar-refractivity contribution in [3.63, 3.8) is 0 Å². The minimum Gasteiger partial charge on any atom is -0.480 e. The zero-order valence-corrected chi connectivity index (χ0v) is 11.2. The van der Waals surface area contributed by atoms with Crippen LogP contribution in [0.3, 0.4) is 0 Å². The molecule has 0 aromatic heterocycles. The van der Waals surface area contributed by atoms with Crippen molar-refractivity contribution in [1.82, 2.24) is 4.90 Å². The lowest BCUT2D eigenvalue weighted by molar-refractivity contribution is -0.153. The van der Waals surface area contributed by atoms with Crippen molar-refractivity contribution >= 4 is 21.7 Å². The molecule has 11 heteroatoms. The van der Waals surface area contributed by atoms with Crippen LogP contribution in [0.2, 0.25) is 0 Å². The van der Waals surface area contributed by atoms with E-state index in [1.54, 1.807) is 0 Å². The molecular formula is C9H15F3N2O5S. The van der Waals surface area contributed by atoms with E-state index in [-0.39, 0.29) is 0 Å². The number of aliphatic carboxylic acids is 1. The van der Waals surface area contributed by atoms with Crippen LogP contribution in [0.15, 0.2) is 0 Å². The predicted molar refractivity (Wildman–Crippen MR) is 62.6 cm³/mol. The second-order valence-corrected chi connectivity index (χ2v) is 6.39. The van der Waals surface area contributed by atoms with Gasteiger partial charge in [-0.15, -0.1) is 0 Å². The largest absolute Gasteiger partial charge is 0.480 e. The molecule has 118 valence electrons. The van der Waals surface area contributed by atoms with Crippen LogP contribution in [0.25, 0.3) is 0 Å². The SMILES string of the molecule is NC(=O)CCS(=O)(=O)CCN(CC(=O)O)CC(F)(F)F. The molecule has 0 aromatic rings. The lowest BCUT2D eigenvalue weighted by Gasteiger charge is -2.21. The molecule has 0 heterocycles. The minimum absolute atomic E-state index is 0.430. The van der Waals surface area contributed by atoms with E-state index in [4.69, 9.17) is 10.8 Å². The maximum atomic E-state index is 12.2. The van der Waals surface area contributed by atoms with Crippen LogP contribution < -0.4 is 5.73 Å². The number of hydrogen-bond acceptors (Lipinski definition) is 5. The van der Waals surface area contributed by atoms with E-state index in [1.165, 1.54) is 0 Å². The van der Waals surface area contributed by atoms with E-state index in [1.807, 2.05) is 0 Å². The molecule has 0 rings (SSSR count). The van der Waals surface area contributed by atoms with E-state index in [0.29, 0.717) is 4.90 Å². The van der Waals surface area contributed by atoms with Crippen LogP contribution in [0, 0.1) is 0 Å². The molecular weight excluding hydrogens is 305 g/mol. The van der Waals surface area contributed by atoms with Gasteiger partial charge in [0.25, 0.3) is 0 Å². The summed E-state index contributed by atoms with van der Waals surface area (Å²) in [4.78, 5) is 21.3. The zero-order chi connectivity index (χ0) is 16.0. The molecule has 0 fully saturated rings. The van der Waals surface area contributed by atoms with Crippen molar-refractivity contribution in [2.45, 2.75) is 12.6 Å². The van der Waals surface area contributed by atoms with Crippen LogP contribution in [0.5, 0.6) is 0 Å². The molecule has 0 saturated heterocycles. The third-order valence-electron chi connectivity index (χ3n) is 2.14. The van der Waals surface area contributed by atoms with E-state index < -0.39 is 65.5 Å². The van der Waals surface area contributed by atoms with Gasteiger partial charge in [0.2, 0.25) is 5.91 Å². The topological polar surface area (TPSA) is 118 Å². The predicted octanol–water partition coefficient (Wildman–Crippen LogP) is -0.774. The van der Waals surface area contributed by atoms with Gasteiger partial charge >= 0.3 is 12.1 Å². The first-order chi connectivity index (χ1) is 8.91. The lowest BCUT2D eigenvalue weighted by atomic mass is 10.4. The molecule has 3 N–H and O–H groups in total. The average Bonchev–Trinajstić information content (AvgIpc) is 2.21. The molecule has 0 aliphatic carbocycles. The molecule has 0 bridgehead atoms. The van der Waals surface area contributed by atoms with Gasteiger partial charge in [0, 0.05) is 13.0 Å². The van der Waals surface area contributed by atoms with Crippen LogP contribution in [0.1, 0.15) is 6.42 Å². The van der Waals surface area contributed by atoms with Crippen LogP contribution in [-0.2, 0) is 19.4 Å². The second-order valence-electron chi connectivity index (χ2n) is 4.09. The maximum absolute atomic E-state index is 12.2. The highest BCUT2D eigenvalue weighted by atomic mass is 32.2. The molecule has 0 unspecified atom stereocenters. The summed E-state index contributed by atoms with van der Waals surface area (Å²) in [6.07, 6.45) is -5.06. The summed E-state index contributed by atoms with van der Waals surface area (Å²) >= 11 is 0. The fourth-order valence-corrected chi connectivity index (χ4v) is 2.54. The number of primary amides is 1. The lowest BCUT2D eigenvalue weighted by Crippen LogP contribution is -2.40. The van der Waals surface area contributed by atoms with Crippen LogP contribution >= 0.6 is 0 Å². The number of carbonyl (C=O) groups excluding carboxylic acids is 1. The highest BCUT2D eigenvalue weighted by molar-refractivity contribution is 7.91. The molecule has 0 aromatic carbocycles. The van der Waals surface area contributed by atoms with Crippen molar-refractivity contribution in [3.05, 3.63) is 0 Å². The molecule has 7 nitrogen and oxygen atoms in total. The third kappa shape index (κ3) is 10.6. The molecule has 0 spiro atoms. The highest BCUT2D eigenvalue weighted by Crippen LogP contribution is 2.16. The number of amides is 1. The van der Waals surface area contributed by atoms with E-state index in [0.717, 1.165) is 0 Å². The molecule has 0 atom stereocenters. The van der Waals surface area contributed by atoms with Crippen molar-refractivity contribution in [1.29, 1.82) is 0 Å². The van der Waals surface area contributed by atoms with Gasteiger partial charge < -0.3 is 10.8 Å². The Morgan fingerprint density at radius 2 is 1.75 bits per heavy atom. The number of rotatable bonds is 9. The zero-order valence-electron chi connectivity index (χ0n) is 10.4. The Labute approximate surface area is 113 Å². The van der Waals surface area contributed by atoms with Gasteiger partial charge in [-0.3, -0.25) is 14.5 Å². The Morgan fingerprint density at radius 1 is 1.20 bits per heavy atom. The van der Waals surface area contributed by atoms with E-state index >= 15 is 0 Å². The van der Waals surface area contributed by atoms with Gasteiger partial charge in [-0.1, -0.05) is 0 Å². The first kappa shape index (κ1) is 18.6. The number of alkyl halides is 3. The van der Waals surface area contributed by atoms with Crippen molar-refractivity contribution < 1.29 is 36.3 Å². The van der Waals surface area contributed by atoms with Gasteiger partial charge in [-0.2, -0.15) is 13.2 Å². The van der Waals surface area contributed by atoms with Gasteiger partial charge in [-0.25, -0.2) is 8.42 Å². The monoisotopic (exact) mass is 320 g/mol. The van der Waals surface area contributed by atoms with Crippen LogP contribution in [0.4, 0.5) is 13.2 Å². The second kappa shape index (κ2) is 7.43. The highest BCUT2D eigenvalue weighted by Gasteiger charge is 2.32. The van der Waals surface area contributed by atoms with E-state index in [9.17, 15) is 31.2 Å². The molecule has 0 saturated carbocycles. The Bertz CT molecular complexity index is 449. The van der Waals surface area contributed by atoms with E-state index in [2.05, 4.69) is 0 Å². The fraction of sp³-hybridized carbons (Fsp3) is 0.778. The van der Waals surface area contributed by atoms with Gasteiger partial charge in [0.15, 0.2) is 9.84 Å². The number of carbonyl (C=O) groups is 2. The Balaban J connectivity index is 4.51. The Morgan fingerprint density at radius 3 is 2.15 bits per heavy atom. The third-order valence-corrected chi connectivity index (χ3v) is 3.77. The Hall–Kier alpha value is -1.36. The summed E-state index contributed by atoms with van der Waals surface area (Å²) in [6.45, 7) is -3.04. The first-order valence-electron chi connectivity index (χ1n) is 5.41. The van der Waals surface area contributed by atoms with Crippen LogP contribution in [-0.4, -0.2) is 67.6 Å². The van der Waals surface area contributed by atoms with Crippen molar-refractivity contribution in [2.75, 3.05) is 31.1 Å². The number of sulfone groups is 1. The number of nitrogens with two attached hydrogens (primary N) is 1. The number of nitrogens with zero attached hydrogens (tertiary/aromatic N) is 1. The molecule has 0 aliphatic heterocycles. The quantitative estimate of drug-likeness (QED) is 0.576. The smallest absolute Gasteiger partial charge is 0.401 e. The van der Waals surface area contributed by atoms with Gasteiger partial charge in [-0.05, 0) is 0 Å².